The van der Waals surface area contributed by atoms with Crippen LogP contribution in [0.3, 0.4) is 0 Å². The van der Waals surface area contributed by atoms with E-state index in [0.29, 0.717) is 0 Å². The number of halogens is 5. The average Bonchev–Trinajstić information content (AvgIpc) is 2.65. The predicted molar refractivity (Wildman–Crippen MR) is 92.5 cm³/mol. The Morgan fingerprint density at radius 1 is 1.00 bits per heavy atom. The van der Waals surface area contributed by atoms with Crippen LogP contribution in [0.5, 0.6) is 0 Å². The summed E-state index contributed by atoms with van der Waals surface area (Å²) in [4.78, 5) is 24.6. The van der Waals surface area contributed by atoms with E-state index < -0.39 is 54.1 Å². The van der Waals surface area contributed by atoms with Crippen LogP contribution < -0.4 is 10.6 Å². The first-order valence-electron chi connectivity index (χ1n) is 8.41. The molecule has 0 spiro atoms. The fourth-order valence-corrected chi connectivity index (χ4v) is 2.41. The summed E-state index contributed by atoms with van der Waals surface area (Å²) in [7, 11) is 0. The number of ether oxygens (including phenoxy) is 1. The van der Waals surface area contributed by atoms with Crippen LogP contribution in [0.4, 0.5) is 22.0 Å². The number of alkyl halides is 3. The number of hydrogen-bond acceptors (Lipinski definition) is 4. The van der Waals surface area contributed by atoms with Crippen molar-refractivity contribution in [1.29, 1.82) is 0 Å². The van der Waals surface area contributed by atoms with Gasteiger partial charge >= 0.3 is 12.1 Å². The summed E-state index contributed by atoms with van der Waals surface area (Å²) in [6, 6.07) is 8.81. The number of nitrogens with one attached hydrogen (secondary N) is 2. The number of carbonyl (C=O) groups is 2. The number of hydrogen-bond donors (Lipinski definition) is 2. The molecule has 0 fully saturated rings. The van der Waals surface area contributed by atoms with Crippen molar-refractivity contribution in [3.05, 3.63) is 71.3 Å². The second-order valence-electron chi connectivity index (χ2n) is 5.88. The zero-order valence-electron chi connectivity index (χ0n) is 15.1. The number of rotatable bonds is 7. The Kier molecular flexibility index (Phi) is 6.91. The normalized spacial score (nSPS) is 13.4. The lowest BCUT2D eigenvalue weighted by Crippen LogP contribution is -2.72. The minimum atomic E-state index is -5.35. The first-order valence-corrected chi connectivity index (χ1v) is 8.41. The number of amides is 1. The van der Waals surface area contributed by atoms with Gasteiger partial charge in [0.1, 0.15) is 11.6 Å². The zero-order chi connectivity index (χ0) is 21.7. The van der Waals surface area contributed by atoms with Gasteiger partial charge in [-0.15, -0.1) is 0 Å². The van der Waals surface area contributed by atoms with E-state index in [1.807, 2.05) is 5.32 Å². The zero-order valence-corrected chi connectivity index (χ0v) is 15.1. The van der Waals surface area contributed by atoms with Gasteiger partial charge in [0.15, 0.2) is 0 Å². The molecular weight excluding hydrogens is 399 g/mol. The molecule has 0 heterocycles. The monoisotopic (exact) mass is 416 g/mol. The molecule has 1 unspecified atom stereocenters. The van der Waals surface area contributed by atoms with Gasteiger partial charge in [-0.25, -0.2) is 13.6 Å². The Morgan fingerprint density at radius 2 is 1.62 bits per heavy atom. The molecule has 1 atom stereocenters. The lowest BCUT2D eigenvalue weighted by Gasteiger charge is -2.35. The van der Waals surface area contributed by atoms with E-state index in [9.17, 15) is 31.5 Å². The van der Waals surface area contributed by atoms with Crippen molar-refractivity contribution in [2.45, 2.75) is 25.3 Å². The van der Waals surface area contributed by atoms with Gasteiger partial charge in [-0.3, -0.25) is 10.1 Å². The first-order chi connectivity index (χ1) is 13.6. The highest BCUT2D eigenvalue weighted by Crippen LogP contribution is 2.31. The molecule has 5 nitrogen and oxygen atoms in total. The van der Waals surface area contributed by atoms with Crippen LogP contribution in [0.15, 0.2) is 48.5 Å². The fraction of sp³-hybridized carbons (Fsp3) is 0.263. The second kappa shape index (κ2) is 8.99. The maximum Gasteiger partial charge on any atom is 0.436 e. The van der Waals surface area contributed by atoms with Crippen molar-refractivity contribution in [3.63, 3.8) is 0 Å². The molecule has 0 aliphatic heterocycles. The molecule has 0 aliphatic rings. The highest BCUT2D eigenvalue weighted by molar-refractivity contribution is 5.98. The lowest BCUT2D eigenvalue weighted by atomic mass is 10.1. The number of esters is 1. The summed E-state index contributed by atoms with van der Waals surface area (Å²) in [6.45, 7) is 0.318. The van der Waals surface area contributed by atoms with Gasteiger partial charge in [-0.05, 0) is 36.8 Å². The number of carbonyl (C=O) groups excluding carboxylic acids is 2. The highest BCUT2D eigenvalue weighted by Gasteiger charge is 2.63. The van der Waals surface area contributed by atoms with Crippen molar-refractivity contribution < 1.29 is 36.3 Å². The molecule has 29 heavy (non-hydrogen) atoms. The summed E-state index contributed by atoms with van der Waals surface area (Å²) in [5, 5.41) is 3.47. The van der Waals surface area contributed by atoms with Gasteiger partial charge < -0.3 is 10.1 Å². The smallest absolute Gasteiger partial charge is 0.436 e. The third-order valence-corrected chi connectivity index (χ3v) is 3.90. The molecule has 0 aromatic heterocycles. The summed E-state index contributed by atoms with van der Waals surface area (Å²) >= 11 is 0. The maximum absolute atomic E-state index is 14.0. The van der Waals surface area contributed by atoms with Crippen LogP contribution in [0, 0.1) is 11.6 Å². The van der Waals surface area contributed by atoms with Crippen LogP contribution in [0.1, 0.15) is 22.8 Å². The minimum Gasteiger partial charge on any atom is -0.463 e. The molecule has 0 saturated heterocycles. The van der Waals surface area contributed by atoms with Gasteiger partial charge in [-0.2, -0.15) is 13.2 Å². The SMILES string of the molecule is CCOC(=O)C(NCc1ccc(F)cc1)(NC(=O)c1ccccc1F)C(F)(F)F. The van der Waals surface area contributed by atoms with Crippen LogP contribution >= 0.6 is 0 Å². The van der Waals surface area contributed by atoms with E-state index in [1.165, 1.54) is 36.5 Å². The maximum atomic E-state index is 14.0. The van der Waals surface area contributed by atoms with Gasteiger partial charge in [-0.1, -0.05) is 24.3 Å². The summed E-state index contributed by atoms with van der Waals surface area (Å²) in [5.41, 5.74) is -4.14. The van der Waals surface area contributed by atoms with E-state index in [1.54, 1.807) is 0 Å². The Morgan fingerprint density at radius 3 is 2.17 bits per heavy atom. The molecule has 2 aromatic rings. The quantitative estimate of drug-likeness (QED) is 0.413. The molecule has 10 heteroatoms. The predicted octanol–water partition coefficient (Wildman–Crippen LogP) is 3.31. The van der Waals surface area contributed by atoms with Crippen LogP contribution in [0.2, 0.25) is 0 Å². The van der Waals surface area contributed by atoms with E-state index in [2.05, 4.69) is 4.74 Å². The molecule has 2 aromatic carbocycles. The van der Waals surface area contributed by atoms with Crippen molar-refractivity contribution in [1.82, 2.24) is 10.6 Å². The van der Waals surface area contributed by atoms with E-state index in [0.717, 1.165) is 24.3 Å². The van der Waals surface area contributed by atoms with Gasteiger partial charge in [0.2, 0.25) is 0 Å². The van der Waals surface area contributed by atoms with E-state index >= 15 is 0 Å². The third-order valence-electron chi connectivity index (χ3n) is 3.90. The van der Waals surface area contributed by atoms with Gasteiger partial charge in [0, 0.05) is 6.54 Å². The van der Waals surface area contributed by atoms with E-state index in [-0.39, 0.29) is 5.56 Å². The number of benzene rings is 2. The molecule has 2 rings (SSSR count). The molecule has 156 valence electrons. The highest BCUT2D eigenvalue weighted by atomic mass is 19.4. The molecule has 1 amide bonds. The Hall–Kier alpha value is -3.01. The van der Waals surface area contributed by atoms with Gasteiger partial charge in [0.05, 0.1) is 12.2 Å². The Balaban J connectivity index is 2.41. The summed E-state index contributed by atoms with van der Waals surface area (Å²) in [5.74, 6) is -4.96. The average molecular weight is 416 g/mol. The van der Waals surface area contributed by atoms with Crippen molar-refractivity contribution in [2.24, 2.45) is 0 Å². The minimum absolute atomic E-state index is 0.199. The Labute approximate surface area is 162 Å². The van der Waals surface area contributed by atoms with Crippen molar-refractivity contribution in [2.75, 3.05) is 6.61 Å². The van der Waals surface area contributed by atoms with E-state index in [4.69, 9.17) is 0 Å². The largest absolute Gasteiger partial charge is 0.463 e. The van der Waals surface area contributed by atoms with Gasteiger partial charge in [0.25, 0.3) is 11.6 Å². The molecule has 0 saturated carbocycles. The summed E-state index contributed by atoms with van der Waals surface area (Å²) < 4.78 is 73.2. The van der Waals surface area contributed by atoms with Crippen molar-refractivity contribution >= 4 is 11.9 Å². The molecule has 2 N–H and O–H groups in total. The Bertz CT molecular complexity index is 871. The summed E-state index contributed by atoms with van der Waals surface area (Å²) in [6.07, 6.45) is -5.35. The topological polar surface area (TPSA) is 67.4 Å². The van der Waals surface area contributed by atoms with Crippen LogP contribution in [-0.4, -0.2) is 30.3 Å². The first kappa shape index (κ1) is 22.3. The van der Waals surface area contributed by atoms with Crippen molar-refractivity contribution in [3.8, 4) is 0 Å². The molecule has 0 aliphatic carbocycles. The third kappa shape index (κ3) is 5.08. The fourth-order valence-electron chi connectivity index (χ4n) is 2.41. The standard InChI is InChI=1S/C19H17F5N2O3/c1-2-29-17(28)18(19(22,23)24,25-11-12-7-9-13(20)10-8-12)26-16(27)14-5-3-4-6-15(14)21/h3-10,25H,2,11H2,1H3,(H,26,27). The molecule has 0 bridgehead atoms. The second-order valence-corrected chi connectivity index (χ2v) is 5.88. The van der Waals surface area contributed by atoms with Crippen LogP contribution in [0.25, 0.3) is 0 Å². The van der Waals surface area contributed by atoms with Crippen LogP contribution in [-0.2, 0) is 16.1 Å². The molecular formula is C19H17F5N2O3. The lowest BCUT2D eigenvalue weighted by molar-refractivity contribution is -0.219. The molecule has 0 radical (unpaired) electrons.